The number of phenols is 1. The molecule has 5 N–H and O–H groups in total. The lowest BCUT2D eigenvalue weighted by atomic mass is 9.65. The number of aromatic amines is 1. The normalized spacial score (nSPS) is 33.0. The molecule has 2 aromatic heterocycles. The fourth-order valence-corrected chi connectivity index (χ4v) is 11.7. The number of aromatic hydroxyl groups is 1. The Hall–Kier alpha value is -4.47. The predicted molar refractivity (Wildman–Crippen MR) is 192 cm³/mol. The van der Waals surface area contributed by atoms with E-state index in [4.69, 9.17) is 15.0 Å². The molecule has 51 heavy (non-hydrogen) atoms. The number of aliphatic carboxylic acids is 1. The summed E-state index contributed by atoms with van der Waals surface area (Å²) in [6.45, 7) is 3.66. The van der Waals surface area contributed by atoms with E-state index in [-0.39, 0.29) is 16.9 Å². The van der Waals surface area contributed by atoms with E-state index in [1.54, 1.807) is 30.6 Å². The lowest BCUT2D eigenvalue weighted by Gasteiger charge is -2.47. The van der Waals surface area contributed by atoms with Crippen LogP contribution in [0.1, 0.15) is 66.3 Å². The molecule has 5 unspecified atom stereocenters. The van der Waals surface area contributed by atoms with Crippen molar-refractivity contribution in [3.8, 4) is 5.75 Å². The van der Waals surface area contributed by atoms with Gasteiger partial charge in [-0.25, -0.2) is 4.79 Å². The Morgan fingerprint density at radius 3 is 2.49 bits per heavy atom. The van der Waals surface area contributed by atoms with E-state index in [2.05, 4.69) is 20.6 Å². The molecule has 0 radical (unpaired) electrons. The quantitative estimate of drug-likeness (QED) is 0.150. The van der Waals surface area contributed by atoms with Gasteiger partial charge in [-0.2, -0.15) is 22.0 Å². The van der Waals surface area contributed by atoms with Gasteiger partial charge in [0.1, 0.15) is 23.4 Å². The average molecular weight is 729 g/mol. The number of nitrogens with zero attached hydrogens (tertiary/aromatic N) is 3. The molecule has 2 saturated carbocycles. The van der Waals surface area contributed by atoms with Crippen molar-refractivity contribution in [2.24, 2.45) is 10.2 Å². The third kappa shape index (κ3) is 5.14. The zero-order valence-corrected chi connectivity index (χ0v) is 29.4. The number of phenolic OH excluding ortho intramolecular Hbond substituents is 1. The van der Waals surface area contributed by atoms with Crippen molar-refractivity contribution in [3.63, 3.8) is 0 Å². The molecule has 3 aromatic rings. The number of ether oxygens (including phenoxy) is 1. The number of nitrogens with one attached hydrogen (secondary N) is 3. The zero-order valence-electron chi connectivity index (χ0n) is 27.7. The van der Waals surface area contributed by atoms with Crippen molar-refractivity contribution < 1.29 is 29.3 Å². The van der Waals surface area contributed by atoms with Gasteiger partial charge in [-0.3, -0.25) is 19.4 Å². The number of thioether (sulfide) groups is 2. The number of carbonyl (C=O) groups excluding carboxylic acids is 2. The number of rotatable bonds is 10. The lowest BCUT2D eigenvalue weighted by molar-refractivity contribution is -0.144. The summed E-state index contributed by atoms with van der Waals surface area (Å²) in [6.07, 6.45) is 9.66. The van der Waals surface area contributed by atoms with Gasteiger partial charge in [0, 0.05) is 23.3 Å². The van der Waals surface area contributed by atoms with Crippen LogP contribution in [0.3, 0.4) is 0 Å². The summed E-state index contributed by atoms with van der Waals surface area (Å²) in [4.78, 5) is 60.3. The number of amides is 2. The number of carboxylic acids is 1. The zero-order chi connectivity index (χ0) is 35.8. The number of azo groups is 1. The monoisotopic (exact) mass is 728 g/mol. The fourth-order valence-electron chi connectivity index (χ4n) is 8.13. The molecule has 3 saturated heterocycles. The van der Waals surface area contributed by atoms with Crippen LogP contribution in [-0.4, -0.2) is 87.8 Å². The first-order valence-electron chi connectivity index (χ1n) is 16.8. The summed E-state index contributed by atoms with van der Waals surface area (Å²) >= 11 is 3.33. The first-order valence-corrected chi connectivity index (χ1v) is 18.7. The van der Waals surface area contributed by atoms with E-state index in [0.717, 1.165) is 30.6 Å². The van der Waals surface area contributed by atoms with E-state index in [9.17, 15) is 29.4 Å². The Labute approximate surface area is 301 Å². The maximum Gasteiger partial charge on any atom is 0.340 e. The summed E-state index contributed by atoms with van der Waals surface area (Å²) in [6, 6.07) is 9.73. The number of aromatic nitrogens is 2. The van der Waals surface area contributed by atoms with E-state index >= 15 is 0 Å². The van der Waals surface area contributed by atoms with Crippen LogP contribution >= 0.6 is 23.5 Å². The van der Waals surface area contributed by atoms with Crippen molar-refractivity contribution >= 4 is 53.5 Å². The Balaban J connectivity index is 1.06. The SMILES string of the molecule is CC1(C)S[C@H]2[C@@H](NC(=O)C(NC(=O)c3ccc(/C=C/c4ccncc4)[nH]c3=O)c3ccc(O)cc3)C(N=NC34CCSC3CC4)C23O[C@@]13C(=O)O. The number of H-pyrrole nitrogens is 1. The van der Waals surface area contributed by atoms with Crippen molar-refractivity contribution in [3.05, 3.63) is 93.7 Å². The maximum atomic E-state index is 14.2. The largest absolute Gasteiger partial charge is 0.508 e. The highest BCUT2D eigenvalue weighted by Crippen LogP contribution is 2.77. The van der Waals surface area contributed by atoms with Crippen molar-refractivity contribution in [1.82, 2.24) is 20.6 Å². The molecule has 8 rings (SSSR count). The van der Waals surface area contributed by atoms with Gasteiger partial charge in [-0.05, 0) is 92.5 Å². The van der Waals surface area contributed by atoms with Crippen LogP contribution in [0.5, 0.6) is 5.75 Å². The summed E-state index contributed by atoms with van der Waals surface area (Å²) in [5.74, 6) is -1.48. The minimum atomic E-state index is -1.48. The molecular weight excluding hydrogens is 693 g/mol. The van der Waals surface area contributed by atoms with E-state index in [1.165, 1.54) is 42.1 Å². The van der Waals surface area contributed by atoms with Crippen LogP contribution in [0.2, 0.25) is 0 Å². The molecule has 5 aliphatic rings. The Morgan fingerprint density at radius 1 is 1.08 bits per heavy atom. The van der Waals surface area contributed by atoms with Gasteiger partial charge in [0.05, 0.1) is 21.6 Å². The minimum Gasteiger partial charge on any atom is -0.508 e. The molecule has 2 aliphatic carbocycles. The van der Waals surface area contributed by atoms with E-state index in [0.29, 0.717) is 16.5 Å². The van der Waals surface area contributed by atoms with Crippen LogP contribution in [0.15, 0.2) is 75.9 Å². The fraction of sp³-hybridized carbons (Fsp3) is 0.417. The highest BCUT2D eigenvalue weighted by atomic mass is 32.2. The first kappa shape index (κ1) is 33.7. The third-order valence-corrected chi connectivity index (χ3v) is 14.3. The van der Waals surface area contributed by atoms with Gasteiger partial charge < -0.3 is 30.6 Å². The highest BCUT2D eigenvalue weighted by Gasteiger charge is 2.97. The third-order valence-electron chi connectivity index (χ3n) is 11.0. The van der Waals surface area contributed by atoms with Gasteiger partial charge in [-0.15, -0.1) is 11.8 Å². The number of hydrogen-bond donors (Lipinski definition) is 5. The van der Waals surface area contributed by atoms with Crippen LogP contribution in [0.4, 0.5) is 0 Å². The molecule has 3 aliphatic heterocycles. The van der Waals surface area contributed by atoms with E-state index < -0.39 is 62.7 Å². The summed E-state index contributed by atoms with van der Waals surface area (Å²) < 4.78 is 5.38. The van der Waals surface area contributed by atoms with Gasteiger partial charge in [0.15, 0.2) is 5.60 Å². The lowest BCUT2D eigenvalue weighted by Crippen LogP contribution is -2.72. The van der Waals surface area contributed by atoms with Crippen molar-refractivity contribution in [2.45, 2.75) is 83.2 Å². The average Bonchev–Trinajstić information content (AvgIpc) is 3.73. The maximum absolute atomic E-state index is 14.2. The van der Waals surface area contributed by atoms with Crippen LogP contribution in [0, 0.1) is 0 Å². The molecule has 1 spiro atoms. The number of carbonyl (C=O) groups is 3. The highest BCUT2D eigenvalue weighted by molar-refractivity contribution is 8.02. The number of carboxylic acid groups (broad SMARTS) is 1. The molecule has 1 aromatic carbocycles. The second-order valence-electron chi connectivity index (χ2n) is 14.1. The van der Waals surface area contributed by atoms with Gasteiger partial charge >= 0.3 is 5.97 Å². The Morgan fingerprint density at radius 2 is 1.84 bits per heavy atom. The van der Waals surface area contributed by atoms with Crippen LogP contribution < -0.4 is 16.2 Å². The molecule has 5 heterocycles. The second kappa shape index (κ2) is 12.1. The number of epoxide rings is 1. The molecule has 2 amide bonds. The molecule has 264 valence electrons. The first-order chi connectivity index (χ1) is 24.4. The van der Waals surface area contributed by atoms with Gasteiger partial charge in [0.2, 0.25) is 11.5 Å². The number of benzene rings is 1. The minimum absolute atomic E-state index is 0.0308. The second-order valence-corrected chi connectivity index (χ2v) is 17.2. The predicted octanol–water partition coefficient (Wildman–Crippen LogP) is 3.96. The number of hydrogen-bond acceptors (Lipinski definition) is 11. The molecule has 8 atom stereocenters. The van der Waals surface area contributed by atoms with Crippen molar-refractivity contribution in [2.75, 3.05) is 5.75 Å². The van der Waals surface area contributed by atoms with Gasteiger partial charge in [-0.1, -0.05) is 18.2 Å². The van der Waals surface area contributed by atoms with Gasteiger partial charge in [0.25, 0.3) is 11.5 Å². The summed E-state index contributed by atoms with van der Waals surface area (Å²) in [5.41, 5.74) is -2.01. The van der Waals surface area contributed by atoms with Crippen LogP contribution in [-0.2, 0) is 14.3 Å². The Kier molecular flexibility index (Phi) is 7.96. The molecular formula is C36H36N6O7S2. The molecule has 5 fully saturated rings. The molecule has 15 heteroatoms. The molecule has 13 nitrogen and oxygen atoms in total. The van der Waals surface area contributed by atoms with E-state index in [1.807, 2.05) is 37.7 Å². The standard InChI is InChI=1S/C36H36N6O7S2/c1-33(2)36(32(47)48)35(49-36)27(41-42-34-14-11-24(34)50-18-15-34)26(28(35)51-33)40-31(46)25(20-4-8-22(43)9-5-20)39-30(45)23-10-7-21(38-29(23)44)6-3-19-12-16-37-17-13-19/h3-10,12-13,16-17,24-28,43H,11,14-15,18H2,1-2H3,(H,38,44)(H,39,45)(H,40,46)(H,47,48)/b6-3+,42-41?/t24?,25?,26-,27?,28-,34?,35?,36-/m0/s1. The topological polar surface area (TPSA) is 199 Å². The molecule has 0 bridgehead atoms. The summed E-state index contributed by atoms with van der Waals surface area (Å²) in [7, 11) is 0. The summed E-state index contributed by atoms with van der Waals surface area (Å²) in [5, 5.41) is 35.7. The van der Waals surface area contributed by atoms with Crippen molar-refractivity contribution in [1.29, 1.82) is 0 Å². The number of fused-ring (bicyclic) bond motifs is 1. The smallest absolute Gasteiger partial charge is 0.340 e. The van der Waals surface area contributed by atoms with Crippen LogP contribution in [0.25, 0.3) is 12.2 Å². The number of pyridine rings is 2. The Bertz CT molecular complexity index is 2040.